The van der Waals surface area contributed by atoms with Gasteiger partial charge in [-0.3, -0.25) is 4.79 Å². The fraction of sp³-hybridized carbons (Fsp3) is 0.889. The standard InChI is InChI=1S/C9H17NO2S/c10-7(9(11)12)8(13)6-4-2-1-3-5-6/h6-8,13H,1-5,10H2,(H,11,12). The molecule has 13 heavy (non-hydrogen) atoms. The summed E-state index contributed by atoms with van der Waals surface area (Å²) in [5.41, 5.74) is 5.51. The van der Waals surface area contributed by atoms with Gasteiger partial charge < -0.3 is 10.8 Å². The molecule has 0 aromatic rings. The number of rotatable bonds is 3. The van der Waals surface area contributed by atoms with E-state index in [1.807, 2.05) is 0 Å². The zero-order valence-corrected chi connectivity index (χ0v) is 8.54. The van der Waals surface area contributed by atoms with Crippen LogP contribution in [0.25, 0.3) is 0 Å². The van der Waals surface area contributed by atoms with Crippen molar-refractivity contribution in [3.63, 3.8) is 0 Å². The maximum Gasteiger partial charge on any atom is 0.321 e. The van der Waals surface area contributed by atoms with Crippen molar-refractivity contribution >= 4 is 18.6 Å². The first-order valence-electron chi connectivity index (χ1n) is 4.79. The molecular weight excluding hydrogens is 186 g/mol. The topological polar surface area (TPSA) is 63.3 Å². The molecule has 3 nitrogen and oxygen atoms in total. The van der Waals surface area contributed by atoms with Gasteiger partial charge in [-0.15, -0.1) is 0 Å². The molecule has 0 aromatic heterocycles. The van der Waals surface area contributed by atoms with Crippen molar-refractivity contribution in [3.05, 3.63) is 0 Å². The summed E-state index contributed by atoms with van der Waals surface area (Å²) in [6.45, 7) is 0. The van der Waals surface area contributed by atoms with Crippen LogP contribution in [0, 0.1) is 5.92 Å². The van der Waals surface area contributed by atoms with Crippen molar-refractivity contribution in [1.29, 1.82) is 0 Å². The Morgan fingerprint density at radius 1 is 1.38 bits per heavy atom. The second kappa shape index (κ2) is 4.86. The maximum atomic E-state index is 10.6. The molecule has 1 fully saturated rings. The maximum absolute atomic E-state index is 10.6. The van der Waals surface area contributed by atoms with Crippen LogP contribution in [0.15, 0.2) is 0 Å². The molecule has 76 valence electrons. The molecule has 0 heterocycles. The molecule has 0 radical (unpaired) electrons. The lowest BCUT2D eigenvalue weighted by Crippen LogP contribution is -2.43. The quantitative estimate of drug-likeness (QED) is 0.605. The molecule has 1 aliphatic rings. The van der Waals surface area contributed by atoms with E-state index < -0.39 is 12.0 Å². The monoisotopic (exact) mass is 203 g/mol. The van der Waals surface area contributed by atoms with Gasteiger partial charge in [0, 0.05) is 5.25 Å². The normalized spacial score (nSPS) is 23.8. The molecule has 1 aliphatic carbocycles. The summed E-state index contributed by atoms with van der Waals surface area (Å²) in [7, 11) is 0. The van der Waals surface area contributed by atoms with Gasteiger partial charge in [-0.1, -0.05) is 19.3 Å². The van der Waals surface area contributed by atoms with E-state index in [2.05, 4.69) is 12.6 Å². The fourth-order valence-corrected chi connectivity index (χ4v) is 2.34. The van der Waals surface area contributed by atoms with E-state index >= 15 is 0 Å². The van der Waals surface area contributed by atoms with E-state index in [4.69, 9.17) is 10.8 Å². The van der Waals surface area contributed by atoms with E-state index in [1.165, 1.54) is 19.3 Å². The number of hydrogen-bond acceptors (Lipinski definition) is 3. The molecule has 0 aliphatic heterocycles. The van der Waals surface area contributed by atoms with Gasteiger partial charge >= 0.3 is 5.97 Å². The van der Waals surface area contributed by atoms with Crippen molar-refractivity contribution in [1.82, 2.24) is 0 Å². The second-order valence-corrected chi connectivity index (χ2v) is 4.35. The SMILES string of the molecule is NC(C(=O)O)C(S)C1CCCCC1. The summed E-state index contributed by atoms with van der Waals surface area (Å²) < 4.78 is 0. The van der Waals surface area contributed by atoms with Crippen LogP contribution in [0.1, 0.15) is 32.1 Å². The Labute approximate surface area is 84.1 Å². The minimum Gasteiger partial charge on any atom is -0.480 e. The number of carboxylic acids is 1. The minimum atomic E-state index is -0.939. The molecule has 1 rings (SSSR count). The van der Waals surface area contributed by atoms with Crippen LogP contribution in [0.3, 0.4) is 0 Å². The van der Waals surface area contributed by atoms with Crippen molar-refractivity contribution < 1.29 is 9.90 Å². The lowest BCUT2D eigenvalue weighted by atomic mass is 9.84. The van der Waals surface area contributed by atoms with E-state index in [9.17, 15) is 4.79 Å². The largest absolute Gasteiger partial charge is 0.480 e. The highest BCUT2D eigenvalue weighted by Gasteiger charge is 2.29. The highest BCUT2D eigenvalue weighted by atomic mass is 32.1. The first-order valence-corrected chi connectivity index (χ1v) is 5.31. The Kier molecular flexibility index (Phi) is 4.06. The zero-order chi connectivity index (χ0) is 9.84. The molecule has 0 spiro atoms. The lowest BCUT2D eigenvalue weighted by Gasteiger charge is -2.28. The van der Waals surface area contributed by atoms with E-state index in [0.717, 1.165) is 12.8 Å². The molecule has 0 bridgehead atoms. The van der Waals surface area contributed by atoms with Crippen LogP contribution in [0.5, 0.6) is 0 Å². The van der Waals surface area contributed by atoms with E-state index in [1.54, 1.807) is 0 Å². The first-order chi connectivity index (χ1) is 6.13. The third-order valence-corrected chi connectivity index (χ3v) is 3.53. The van der Waals surface area contributed by atoms with Gasteiger partial charge in [0.15, 0.2) is 0 Å². The molecule has 0 aromatic carbocycles. The molecule has 2 atom stereocenters. The fourth-order valence-electron chi connectivity index (χ4n) is 1.91. The third kappa shape index (κ3) is 2.88. The Hall–Kier alpha value is -0.220. The molecule has 4 heteroatoms. The summed E-state index contributed by atoms with van der Waals surface area (Å²) in [5.74, 6) is -0.547. The van der Waals surface area contributed by atoms with Gasteiger partial charge in [0.25, 0.3) is 0 Å². The average Bonchev–Trinajstić information content (AvgIpc) is 2.17. The summed E-state index contributed by atoms with van der Waals surface area (Å²) in [5, 5.41) is 8.53. The zero-order valence-electron chi connectivity index (χ0n) is 7.65. The van der Waals surface area contributed by atoms with Crippen LogP contribution in [-0.2, 0) is 4.79 Å². The molecular formula is C9H17NO2S. The number of hydrogen-bond donors (Lipinski definition) is 3. The first kappa shape index (κ1) is 10.9. The smallest absolute Gasteiger partial charge is 0.321 e. The molecule has 1 saturated carbocycles. The van der Waals surface area contributed by atoms with E-state index in [0.29, 0.717) is 5.92 Å². The van der Waals surface area contributed by atoms with Crippen LogP contribution in [0.2, 0.25) is 0 Å². The van der Waals surface area contributed by atoms with Crippen LogP contribution < -0.4 is 5.73 Å². The van der Waals surface area contributed by atoms with Crippen LogP contribution in [0.4, 0.5) is 0 Å². The molecule has 2 unspecified atom stereocenters. The predicted molar refractivity (Wildman–Crippen MR) is 55.0 cm³/mol. The third-order valence-electron chi connectivity index (χ3n) is 2.79. The van der Waals surface area contributed by atoms with Crippen LogP contribution in [-0.4, -0.2) is 22.4 Å². The molecule has 0 amide bonds. The van der Waals surface area contributed by atoms with Gasteiger partial charge in [0.05, 0.1) is 0 Å². The number of aliphatic carboxylic acids is 1. The van der Waals surface area contributed by atoms with Gasteiger partial charge in [0.1, 0.15) is 6.04 Å². The Morgan fingerprint density at radius 3 is 2.38 bits per heavy atom. The van der Waals surface area contributed by atoms with Crippen molar-refractivity contribution in [2.24, 2.45) is 11.7 Å². The number of thiol groups is 1. The van der Waals surface area contributed by atoms with Crippen molar-refractivity contribution in [2.45, 2.75) is 43.4 Å². The summed E-state index contributed by atoms with van der Waals surface area (Å²) >= 11 is 4.30. The summed E-state index contributed by atoms with van der Waals surface area (Å²) in [6, 6.07) is -0.813. The minimum absolute atomic E-state index is 0.183. The Bertz CT molecular complexity index is 180. The highest BCUT2D eigenvalue weighted by Crippen LogP contribution is 2.30. The lowest BCUT2D eigenvalue weighted by molar-refractivity contribution is -0.138. The Morgan fingerprint density at radius 2 is 1.92 bits per heavy atom. The number of carbonyl (C=O) groups is 1. The van der Waals surface area contributed by atoms with Crippen molar-refractivity contribution in [2.75, 3.05) is 0 Å². The summed E-state index contributed by atoms with van der Waals surface area (Å²) in [4.78, 5) is 10.6. The average molecular weight is 203 g/mol. The number of nitrogens with two attached hydrogens (primary N) is 1. The van der Waals surface area contributed by atoms with Gasteiger partial charge in [0.2, 0.25) is 0 Å². The second-order valence-electron chi connectivity index (χ2n) is 3.75. The molecule has 3 N–H and O–H groups in total. The molecule has 0 saturated heterocycles. The predicted octanol–water partition coefficient (Wildman–Crippen LogP) is 1.28. The van der Waals surface area contributed by atoms with Gasteiger partial charge in [-0.25, -0.2) is 0 Å². The van der Waals surface area contributed by atoms with Crippen LogP contribution >= 0.6 is 12.6 Å². The van der Waals surface area contributed by atoms with Crippen molar-refractivity contribution in [3.8, 4) is 0 Å². The van der Waals surface area contributed by atoms with Gasteiger partial charge in [-0.2, -0.15) is 12.6 Å². The van der Waals surface area contributed by atoms with E-state index in [-0.39, 0.29) is 5.25 Å². The van der Waals surface area contributed by atoms with Gasteiger partial charge in [-0.05, 0) is 18.8 Å². The summed E-state index contributed by atoms with van der Waals surface area (Å²) in [6.07, 6.45) is 5.80. The Balaban J connectivity index is 2.44. The number of carboxylic acid groups (broad SMARTS) is 1. The highest BCUT2D eigenvalue weighted by molar-refractivity contribution is 7.81.